The molecule has 0 saturated carbocycles. The van der Waals surface area contributed by atoms with Crippen molar-refractivity contribution in [3.8, 4) is 0 Å². The molecule has 0 atom stereocenters. The van der Waals surface area contributed by atoms with Crippen LogP contribution in [-0.2, 0) is 9.47 Å². The van der Waals surface area contributed by atoms with Gasteiger partial charge in [-0.25, -0.2) is 0 Å². The number of hydrogen-bond donors (Lipinski definition) is 0. The van der Waals surface area contributed by atoms with Crippen molar-refractivity contribution in [2.45, 2.75) is 38.5 Å². The first-order valence-corrected chi connectivity index (χ1v) is 5.14. The lowest BCUT2D eigenvalue weighted by atomic mass is 10.1. The van der Waals surface area contributed by atoms with E-state index in [1.807, 2.05) is 0 Å². The molecule has 0 aromatic rings. The average Bonchev–Trinajstić information content (AvgIpc) is 2.22. The third-order valence-corrected chi connectivity index (χ3v) is 2.24. The highest BCUT2D eigenvalue weighted by atomic mass is 16.5. The topological polar surface area (TPSA) is 18.5 Å². The van der Waals surface area contributed by atoms with Crippen molar-refractivity contribution >= 4 is 0 Å². The van der Waals surface area contributed by atoms with Crippen molar-refractivity contribution in [2.75, 3.05) is 14.2 Å². The summed E-state index contributed by atoms with van der Waals surface area (Å²) >= 11 is 0. The molecule has 0 N–H and O–H groups in total. The number of unbranched alkanes of at least 4 members (excludes halogenated alkanes) is 3. The van der Waals surface area contributed by atoms with Crippen LogP contribution in [0.15, 0.2) is 24.7 Å². The molecule has 0 rings (SSSR count). The van der Waals surface area contributed by atoms with Crippen LogP contribution in [0.3, 0.4) is 0 Å². The minimum Gasteiger partial charge on any atom is -0.502 e. The highest BCUT2D eigenvalue weighted by Crippen LogP contribution is 2.12. The van der Waals surface area contributed by atoms with Crippen LogP contribution < -0.4 is 0 Å². The maximum absolute atomic E-state index is 4.98. The van der Waals surface area contributed by atoms with E-state index in [4.69, 9.17) is 9.47 Å². The van der Waals surface area contributed by atoms with Crippen LogP contribution >= 0.6 is 0 Å². The van der Waals surface area contributed by atoms with Crippen LogP contribution in [0.1, 0.15) is 38.5 Å². The Hall–Kier alpha value is -0.920. The fourth-order valence-electron chi connectivity index (χ4n) is 1.20. The number of methoxy groups -OCH3 is 2. The summed E-state index contributed by atoms with van der Waals surface area (Å²) in [7, 11) is 3.34. The summed E-state index contributed by atoms with van der Waals surface area (Å²) in [4.78, 5) is 0. The van der Waals surface area contributed by atoms with E-state index in [-0.39, 0.29) is 0 Å². The predicted molar refractivity (Wildman–Crippen MR) is 60.0 cm³/mol. The van der Waals surface area contributed by atoms with E-state index >= 15 is 0 Å². The van der Waals surface area contributed by atoms with Crippen molar-refractivity contribution in [2.24, 2.45) is 0 Å². The quantitative estimate of drug-likeness (QED) is 0.416. The Morgan fingerprint density at radius 2 is 1.14 bits per heavy atom. The molecule has 0 saturated heterocycles. The smallest absolute Gasteiger partial charge is 0.0883 e. The van der Waals surface area contributed by atoms with E-state index in [1.54, 1.807) is 14.2 Å². The molecule has 0 heterocycles. The SMILES string of the molecule is C=C(CCCCCCC(=C)OC)OC. The van der Waals surface area contributed by atoms with Crippen molar-refractivity contribution in [1.82, 2.24) is 0 Å². The summed E-state index contributed by atoms with van der Waals surface area (Å²) in [5.74, 6) is 1.76. The molecule has 0 aliphatic carbocycles. The minimum atomic E-state index is 0.881. The van der Waals surface area contributed by atoms with Gasteiger partial charge in [0.2, 0.25) is 0 Å². The van der Waals surface area contributed by atoms with Gasteiger partial charge in [-0.05, 0) is 12.8 Å². The second kappa shape index (κ2) is 8.67. The van der Waals surface area contributed by atoms with Crippen LogP contribution in [0, 0.1) is 0 Å². The van der Waals surface area contributed by atoms with Crippen molar-refractivity contribution in [1.29, 1.82) is 0 Å². The third kappa shape index (κ3) is 7.71. The molecule has 0 fully saturated rings. The molecule has 0 aliphatic heterocycles. The van der Waals surface area contributed by atoms with Crippen molar-refractivity contribution < 1.29 is 9.47 Å². The van der Waals surface area contributed by atoms with Gasteiger partial charge in [0, 0.05) is 12.8 Å². The summed E-state index contributed by atoms with van der Waals surface area (Å²) < 4.78 is 9.97. The first kappa shape index (κ1) is 13.1. The van der Waals surface area contributed by atoms with Crippen LogP contribution in [0.2, 0.25) is 0 Å². The lowest BCUT2D eigenvalue weighted by molar-refractivity contribution is 0.272. The second-order valence-electron chi connectivity index (χ2n) is 3.40. The van der Waals surface area contributed by atoms with Crippen molar-refractivity contribution in [3.05, 3.63) is 24.7 Å². The second-order valence-corrected chi connectivity index (χ2v) is 3.40. The normalized spacial score (nSPS) is 9.57. The molecule has 0 spiro atoms. The Labute approximate surface area is 87.6 Å². The minimum absolute atomic E-state index is 0.881. The lowest BCUT2D eigenvalue weighted by Gasteiger charge is -2.05. The largest absolute Gasteiger partial charge is 0.502 e. The van der Waals surface area contributed by atoms with Gasteiger partial charge in [0.05, 0.1) is 25.7 Å². The van der Waals surface area contributed by atoms with E-state index in [0.717, 1.165) is 37.2 Å². The van der Waals surface area contributed by atoms with Gasteiger partial charge < -0.3 is 9.47 Å². The maximum atomic E-state index is 4.98. The summed E-state index contributed by atoms with van der Waals surface area (Å²) in [6, 6.07) is 0. The highest BCUT2D eigenvalue weighted by molar-refractivity contribution is 4.82. The first-order valence-electron chi connectivity index (χ1n) is 5.14. The molecule has 0 radical (unpaired) electrons. The van der Waals surface area contributed by atoms with E-state index < -0.39 is 0 Å². The van der Waals surface area contributed by atoms with Gasteiger partial charge in [-0.2, -0.15) is 0 Å². The summed E-state index contributed by atoms with van der Waals surface area (Å²) in [5.41, 5.74) is 0. The molecule has 82 valence electrons. The van der Waals surface area contributed by atoms with Crippen LogP contribution in [0.5, 0.6) is 0 Å². The molecule has 2 nitrogen and oxygen atoms in total. The van der Waals surface area contributed by atoms with E-state index in [2.05, 4.69) is 13.2 Å². The van der Waals surface area contributed by atoms with Gasteiger partial charge in [-0.3, -0.25) is 0 Å². The zero-order valence-electron chi connectivity index (χ0n) is 9.47. The van der Waals surface area contributed by atoms with Crippen molar-refractivity contribution in [3.63, 3.8) is 0 Å². The molecule has 0 bridgehead atoms. The molecule has 0 unspecified atom stereocenters. The van der Waals surface area contributed by atoms with Gasteiger partial charge in [0.25, 0.3) is 0 Å². The fraction of sp³-hybridized carbons (Fsp3) is 0.667. The molecule has 14 heavy (non-hydrogen) atoms. The zero-order chi connectivity index (χ0) is 10.8. The predicted octanol–water partition coefficient (Wildman–Crippen LogP) is 3.65. The standard InChI is InChI=1S/C12H22O2/c1-11(13-3)9-7-5-6-8-10-12(2)14-4/h1-2,5-10H2,3-4H3. The molecular formula is C12H22O2. The van der Waals surface area contributed by atoms with Gasteiger partial charge in [-0.15, -0.1) is 0 Å². The molecule has 2 heteroatoms. The molecule has 0 aliphatic rings. The van der Waals surface area contributed by atoms with Crippen LogP contribution in [0.4, 0.5) is 0 Å². The highest BCUT2D eigenvalue weighted by Gasteiger charge is 1.95. The summed E-state index contributed by atoms with van der Waals surface area (Å²) in [6.45, 7) is 7.55. The fourth-order valence-corrected chi connectivity index (χ4v) is 1.20. The van der Waals surface area contributed by atoms with E-state index in [0.29, 0.717) is 0 Å². The van der Waals surface area contributed by atoms with Gasteiger partial charge in [0.15, 0.2) is 0 Å². The molecular weight excluding hydrogens is 176 g/mol. The van der Waals surface area contributed by atoms with Crippen LogP contribution in [0.25, 0.3) is 0 Å². The average molecular weight is 198 g/mol. The Kier molecular flexibility index (Phi) is 8.10. The monoisotopic (exact) mass is 198 g/mol. The molecule has 0 aromatic heterocycles. The Morgan fingerprint density at radius 3 is 1.43 bits per heavy atom. The molecule has 0 aromatic carbocycles. The Balaban J connectivity index is 3.14. The number of ether oxygens (including phenoxy) is 2. The van der Waals surface area contributed by atoms with Gasteiger partial charge in [-0.1, -0.05) is 26.0 Å². The number of rotatable bonds is 9. The third-order valence-electron chi connectivity index (χ3n) is 2.24. The van der Waals surface area contributed by atoms with E-state index in [1.165, 1.54) is 12.8 Å². The zero-order valence-corrected chi connectivity index (χ0v) is 9.47. The van der Waals surface area contributed by atoms with Gasteiger partial charge in [0.1, 0.15) is 0 Å². The maximum Gasteiger partial charge on any atom is 0.0883 e. The summed E-state index contributed by atoms with van der Waals surface area (Å²) in [5, 5.41) is 0. The molecule has 0 amide bonds. The first-order chi connectivity index (χ1) is 6.70. The Bertz CT molecular complexity index is 153. The van der Waals surface area contributed by atoms with Gasteiger partial charge >= 0.3 is 0 Å². The Morgan fingerprint density at radius 1 is 0.786 bits per heavy atom. The number of allylic oxidation sites excluding steroid dienone is 2. The van der Waals surface area contributed by atoms with E-state index in [9.17, 15) is 0 Å². The summed E-state index contributed by atoms with van der Waals surface area (Å²) in [6.07, 6.45) is 6.71. The van der Waals surface area contributed by atoms with Crippen LogP contribution in [-0.4, -0.2) is 14.2 Å². The lowest BCUT2D eigenvalue weighted by Crippen LogP contribution is -1.87. The number of hydrogen-bond acceptors (Lipinski definition) is 2.